The summed E-state index contributed by atoms with van der Waals surface area (Å²) in [5.74, 6) is 1.23. The first-order chi connectivity index (χ1) is 11.4. The van der Waals surface area contributed by atoms with E-state index in [9.17, 15) is 8.42 Å². The molecule has 0 saturated carbocycles. The summed E-state index contributed by atoms with van der Waals surface area (Å²) >= 11 is 0. The molecule has 0 radical (unpaired) electrons. The number of benzene rings is 1. The zero-order chi connectivity index (χ0) is 17.7. The van der Waals surface area contributed by atoms with E-state index in [0.29, 0.717) is 35.2 Å². The van der Waals surface area contributed by atoms with Gasteiger partial charge in [-0.25, -0.2) is 8.42 Å². The van der Waals surface area contributed by atoms with Crippen LogP contribution in [0.3, 0.4) is 0 Å². The monoisotopic (exact) mass is 355 g/mol. The highest BCUT2D eigenvalue weighted by Crippen LogP contribution is 2.29. The van der Waals surface area contributed by atoms with Crippen molar-refractivity contribution in [3.05, 3.63) is 23.8 Å². The van der Waals surface area contributed by atoms with Gasteiger partial charge in [0.1, 0.15) is 5.75 Å². The van der Waals surface area contributed by atoms with Crippen LogP contribution >= 0.6 is 0 Å². The number of rotatable bonds is 7. The second kappa shape index (κ2) is 8.32. The van der Waals surface area contributed by atoms with E-state index in [1.54, 1.807) is 36.5 Å². The molecule has 0 aromatic heterocycles. The van der Waals surface area contributed by atoms with Crippen molar-refractivity contribution in [1.82, 2.24) is 4.31 Å². The lowest BCUT2D eigenvalue weighted by Crippen LogP contribution is -2.41. The minimum absolute atomic E-state index is 0.168. The molecule has 136 valence electrons. The first kappa shape index (κ1) is 19.2. The SMILES string of the molecule is COc1cccc(S(=O)(=O)N2CCC(OCCC(C)C)CC2)c1C. The Morgan fingerprint density at radius 1 is 1.25 bits per heavy atom. The molecule has 0 atom stereocenters. The van der Waals surface area contributed by atoms with Crippen LogP contribution in [-0.4, -0.2) is 45.6 Å². The van der Waals surface area contributed by atoms with Gasteiger partial charge < -0.3 is 9.47 Å². The largest absolute Gasteiger partial charge is 0.496 e. The quantitative estimate of drug-likeness (QED) is 0.753. The predicted octanol–water partition coefficient (Wildman–Crippen LogP) is 3.22. The Bertz CT molecular complexity index is 634. The van der Waals surface area contributed by atoms with Crippen LogP contribution < -0.4 is 4.74 Å². The zero-order valence-electron chi connectivity index (χ0n) is 15.1. The molecule has 1 saturated heterocycles. The molecule has 0 amide bonds. The number of hydrogen-bond donors (Lipinski definition) is 0. The van der Waals surface area contributed by atoms with Crippen LogP contribution in [0.25, 0.3) is 0 Å². The molecule has 5 nitrogen and oxygen atoms in total. The fourth-order valence-corrected chi connectivity index (χ4v) is 4.65. The molecule has 24 heavy (non-hydrogen) atoms. The maximum Gasteiger partial charge on any atom is 0.243 e. The average Bonchev–Trinajstić information content (AvgIpc) is 2.55. The molecule has 1 heterocycles. The van der Waals surface area contributed by atoms with Crippen molar-refractivity contribution in [3.63, 3.8) is 0 Å². The van der Waals surface area contributed by atoms with Gasteiger partial charge in [-0.1, -0.05) is 19.9 Å². The molecule has 0 bridgehead atoms. The summed E-state index contributed by atoms with van der Waals surface area (Å²) in [5.41, 5.74) is 0.662. The maximum absolute atomic E-state index is 12.9. The Morgan fingerprint density at radius 3 is 2.50 bits per heavy atom. The fourth-order valence-electron chi connectivity index (χ4n) is 2.94. The summed E-state index contributed by atoms with van der Waals surface area (Å²) in [5, 5.41) is 0. The Balaban J connectivity index is 2.00. The first-order valence-electron chi connectivity index (χ1n) is 8.61. The highest BCUT2D eigenvalue weighted by Gasteiger charge is 2.31. The van der Waals surface area contributed by atoms with E-state index in [-0.39, 0.29) is 6.10 Å². The number of nitrogens with zero attached hydrogens (tertiary/aromatic N) is 1. The van der Waals surface area contributed by atoms with Gasteiger partial charge in [0.25, 0.3) is 0 Å². The van der Waals surface area contributed by atoms with E-state index in [4.69, 9.17) is 9.47 Å². The molecular weight excluding hydrogens is 326 g/mol. The zero-order valence-corrected chi connectivity index (χ0v) is 15.9. The number of sulfonamides is 1. The molecule has 0 spiro atoms. The minimum Gasteiger partial charge on any atom is -0.496 e. The van der Waals surface area contributed by atoms with Gasteiger partial charge in [-0.2, -0.15) is 4.31 Å². The van der Waals surface area contributed by atoms with Crippen LogP contribution in [0.2, 0.25) is 0 Å². The van der Waals surface area contributed by atoms with E-state index in [0.717, 1.165) is 25.9 Å². The van der Waals surface area contributed by atoms with Crippen molar-refractivity contribution in [3.8, 4) is 5.75 Å². The third-order valence-corrected chi connectivity index (χ3v) is 6.56. The number of methoxy groups -OCH3 is 1. The van der Waals surface area contributed by atoms with E-state index in [1.807, 2.05) is 0 Å². The Morgan fingerprint density at radius 2 is 1.92 bits per heavy atom. The minimum atomic E-state index is -3.48. The molecule has 0 N–H and O–H groups in total. The van der Waals surface area contributed by atoms with Gasteiger partial charge in [0.2, 0.25) is 10.0 Å². The van der Waals surface area contributed by atoms with Gasteiger partial charge in [0.05, 0.1) is 18.1 Å². The fraction of sp³-hybridized carbons (Fsp3) is 0.667. The van der Waals surface area contributed by atoms with Crippen molar-refractivity contribution < 1.29 is 17.9 Å². The molecule has 6 heteroatoms. The predicted molar refractivity (Wildman–Crippen MR) is 94.9 cm³/mol. The molecule has 2 rings (SSSR count). The van der Waals surface area contributed by atoms with E-state index in [2.05, 4.69) is 13.8 Å². The van der Waals surface area contributed by atoms with Gasteiger partial charge in [-0.05, 0) is 44.2 Å². The smallest absolute Gasteiger partial charge is 0.243 e. The lowest BCUT2D eigenvalue weighted by molar-refractivity contribution is 0.0162. The Labute approximate surface area is 146 Å². The van der Waals surface area contributed by atoms with Crippen molar-refractivity contribution in [1.29, 1.82) is 0 Å². The van der Waals surface area contributed by atoms with Gasteiger partial charge in [0.15, 0.2) is 0 Å². The van der Waals surface area contributed by atoms with Gasteiger partial charge in [-0.15, -0.1) is 0 Å². The summed E-state index contributed by atoms with van der Waals surface area (Å²) in [7, 11) is -1.93. The van der Waals surface area contributed by atoms with Crippen LogP contribution in [0, 0.1) is 12.8 Å². The highest BCUT2D eigenvalue weighted by molar-refractivity contribution is 7.89. The van der Waals surface area contributed by atoms with E-state index >= 15 is 0 Å². The van der Waals surface area contributed by atoms with Crippen LogP contribution in [-0.2, 0) is 14.8 Å². The second-order valence-electron chi connectivity index (χ2n) is 6.74. The maximum atomic E-state index is 12.9. The van der Waals surface area contributed by atoms with Crippen molar-refractivity contribution in [2.75, 3.05) is 26.8 Å². The van der Waals surface area contributed by atoms with Gasteiger partial charge >= 0.3 is 0 Å². The lowest BCUT2D eigenvalue weighted by atomic mass is 10.1. The normalized spacial score (nSPS) is 17.4. The van der Waals surface area contributed by atoms with Crippen molar-refractivity contribution in [2.45, 2.75) is 51.0 Å². The van der Waals surface area contributed by atoms with E-state index in [1.165, 1.54) is 0 Å². The standard InChI is InChI=1S/C18H29NO4S/c1-14(2)10-13-23-16-8-11-19(12-9-16)24(20,21)18-7-5-6-17(22-4)15(18)3/h5-7,14,16H,8-13H2,1-4H3. The third kappa shape index (κ3) is 4.49. The summed E-state index contributed by atoms with van der Waals surface area (Å²) < 4.78 is 38.5. The Kier molecular flexibility index (Phi) is 6.66. The molecule has 0 aliphatic carbocycles. The lowest BCUT2D eigenvalue weighted by Gasteiger charge is -2.31. The number of piperidine rings is 1. The van der Waals surface area contributed by atoms with Crippen LogP contribution in [0.4, 0.5) is 0 Å². The first-order valence-corrected chi connectivity index (χ1v) is 10.1. The summed E-state index contributed by atoms with van der Waals surface area (Å²) in [6, 6.07) is 5.15. The summed E-state index contributed by atoms with van der Waals surface area (Å²) in [6.07, 6.45) is 2.71. The second-order valence-corrected chi connectivity index (χ2v) is 8.65. The molecule has 1 fully saturated rings. The molecule has 1 aromatic rings. The van der Waals surface area contributed by atoms with Crippen LogP contribution in [0.1, 0.15) is 38.7 Å². The molecule has 1 aliphatic rings. The molecular formula is C18H29NO4S. The molecule has 1 aromatic carbocycles. The molecule has 1 aliphatic heterocycles. The third-order valence-electron chi connectivity index (χ3n) is 4.52. The van der Waals surface area contributed by atoms with Gasteiger partial charge in [-0.3, -0.25) is 0 Å². The number of ether oxygens (including phenoxy) is 2. The average molecular weight is 356 g/mol. The van der Waals surface area contributed by atoms with Gasteiger partial charge in [0, 0.05) is 25.3 Å². The Hall–Kier alpha value is -1.11. The molecule has 0 unspecified atom stereocenters. The topological polar surface area (TPSA) is 55.8 Å². The highest BCUT2D eigenvalue weighted by atomic mass is 32.2. The van der Waals surface area contributed by atoms with Crippen molar-refractivity contribution in [2.24, 2.45) is 5.92 Å². The summed E-state index contributed by atoms with van der Waals surface area (Å²) in [6.45, 7) is 7.90. The van der Waals surface area contributed by atoms with Crippen LogP contribution in [0.5, 0.6) is 5.75 Å². The van der Waals surface area contributed by atoms with Crippen molar-refractivity contribution >= 4 is 10.0 Å². The number of hydrogen-bond acceptors (Lipinski definition) is 4. The summed E-state index contributed by atoms with van der Waals surface area (Å²) in [4.78, 5) is 0.334. The van der Waals surface area contributed by atoms with E-state index < -0.39 is 10.0 Å². The van der Waals surface area contributed by atoms with Crippen LogP contribution in [0.15, 0.2) is 23.1 Å².